The maximum Gasteiger partial charge on any atom is 0.338 e. The molecule has 0 aromatic heterocycles. The van der Waals surface area contributed by atoms with E-state index in [9.17, 15) is 4.79 Å². The monoisotopic (exact) mass is 568 g/mol. The summed E-state index contributed by atoms with van der Waals surface area (Å²) in [5.41, 5.74) is 6.19. The zero-order valence-corrected chi connectivity index (χ0v) is 25.5. The lowest BCUT2D eigenvalue weighted by atomic mass is 9.90. The fraction of sp³-hybridized carbons (Fsp3) is 0.132. The van der Waals surface area contributed by atoms with E-state index < -0.39 is 13.1 Å². The molecule has 6 aromatic rings. The molecule has 42 heavy (non-hydrogen) atoms. The van der Waals surface area contributed by atoms with Crippen molar-refractivity contribution < 1.29 is 14.1 Å². The van der Waals surface area contributed by atoms with Crippen molar-refractivity contribution in [2.75, 3.05) is 7.11 Å². The molecule has 0 spiro atoms. The van der Waals surface area contributed by atoms with E-state index in [4.69, 9.17) is 4.74 Å². The highest BCUT2D eigenvalue weighted by Gasteiger charge is 2.35. The van der Waals surface area contributed by atoms with Crippen molar-refractivity contribution in [3.63, 3.8) is 0 Å². The summed E-state index contributed by atoms with van der Waals surface area (Å²) in [5, 5.41) is 6.11. The smallest absolute Gasteiger partial charge is 0.338 e. The molecule has 3 nitrogen and oxygen atoms in total. The van der Waals surface area contributed by atoms with E-state index in [0.717, 1.165) is 65.5 Å². The molecule has 208 valence electrons. The SMILES string of the molecule is COC(=O)c1ccc2ccccc2c1-c1c(P(=O)(c2cc(C)cc(C)c2)c2cc(C)cc(C)c2)ccc2ccccc12. The Hall–Kier alpha value is -4.46. The number of carbonyl (C=O) groups is 1. The van der Waals surface area contributed by atoms with Gasteiger partial charge in [0.05, 0.1) is 12.7 Å². The third-order valence-electron chi connectivity index (χ3n) is 7.97. The van der Waals surface area contributed by atoms with Crippen molar-refractivity contribution in [1.82, 2.24) is 0 Å². The van der Waals surface area contributed by atoms with E-state index in [1.54, 1.807) is 0 Å². The Labute approximate surface area is 247 Å². The van der Waals surface area contributed by atoms with E-state index in [0.29, 0.717) is 10.9 Å². The molecule has 0 atom stereocenters. The number of hydrogen-bond acceptors (Lipinski definition) is 3. The molecule has 0 aliphatic rings. The topological polar surface area (TPSA) is 43.4 Å². The molecule has 0 N–H and O–H groups in total. The van der Waals surface area contributed by atoms with Crippen LogP contribution in [0.2, 0.25) is 0 Å². The van der Waals surface area contributed by atoms with Crippen molar-refractivity contribution in [3.05, 3.63) is 137 Å². The summed E-state index contributed by atoms with van der Waals surface area (Å²) < 4.78 is 21.5. The van der Waals surface area contributed by atoms with Crippen LogP contribution in [-0.4, -0.2) is 13.1 Å². The second kappa shape index (κ2) is 10.7. The lowest BCUT2D eigenvalue weighted by Gasteiger charge is -2.26. The molecule has 0 bridgehead atoms. The van der Waals surface area contributed by atoms with Crippen LogP contribution in [-0.2, 0) is 9.30 Å². The number of aryl methyl sites for hydroxylation is 4. The molecule has 0 heterocycles. The molecule has 0 aliphatic carbocycles. The van der Waals surface area contributed by atoms with Crippen LogP contribution >= 0.6 is 7.14 Å². The quantitative estimate of drug-likeness (QED) is 0.155. The van der Waals surface area contributed by atoms with Crippen molar-refractivity contribution in [2.24, 2.45) is 0 Å². The summed E-state index contributed by atoms with van der Waals surface area (Å²) in [4.78, 5) is 13.4. The zero-order chi connectivity index (χ0) is 29.6. The molecule has 0 aliphatic heterocycles. The molecule has 0 unspecified atom stereocenters. The average Bonchev–Trinajstić information content (AvgIpc) is 2.98. The number of esters is 1. The highest BCUT2D eigenvalue weighted by atomic mass is 31.2. The number of hydrogen-bond donors (Lipinski definition) is 0. The number of ether oxygens (including phenoxy) is 1. The molecular formula is C38H33O3P. The number of rotatable bonds is 5. The molecule has 0 radical (unpaired) electrons. The Morgan fingerprint density at radius 1 is 0.571 bits per heavy atom. The third-order valence-corrected chi connectivity index (χ3v) is 11.0. The van der Waals surface area contributed by atoms with E-state index in [2.05, 4.69) is 54.6 Å². The lowest BCUT2D eigenvalue weighted by molar-refractivity contribution is 0.0602. The maximum atomic E-state index is 16.2. The highest BCUT2D eigenvalue weighted by Crippen LogP contribution is 2.49. The summed E-state index contributed by atoms with van der Waals surface area (Å²) in [6.07, 6.45) is 0. The van der Waals surface area contributed by atoms with E-state index in [1.807, 2.05) is 82.3 Å². The van der Waals surface area contributed by atoms with Gasteiger partial charge in [0.25, 0.3) is 0 Å². The van der Waals surface area contributed by atoms with Crippen LogP contribution in [0.5, 0.6) is 0 Å². The second-order valence-corrected chi connectivity index (χ2v) is 13.9. The third kappa shape index (κ3) is 4.65. The molecule has 0 fully saturated rings. The average molecular weight is 569 g/mol. The van der Waals surface area contributed by atoms with Gasteiger partial charge >= 0.3 is 5.97 Å². The van der Waals surface area contributed by atoms with E-state index >= 15 is 4.57 Å². The minimum absolute atomic E-state index is 0.428. The van der Waals surface area contributed by atoms with Gasteiger partial charge in [-0.05, 0) is 85.6 Å². The number of methoxy groups -OCH3 is 1. The van der Waals surface area contributed by atoms with Crippen molar-refractivity contribution >= 4 is 50.6 Å². The first-order valence-corrected chi connectivity index (χ1v) is 15.8. The molecule has 0 saturated carbocycles. The molecule has 4 heteroatoms. The molecule has 0 amide bonds. The predicted molar refractivity (Wildman–Crippen MR) is 177 cm³/mol. The van der Waals surface area contributed by atoms with Crippen LogP contribution < -0.4 is 15.9 Å². The van der Waals surface area contributed by atoms with Gasteiger partial charge in [-0.1, -0.05) is 95.1 Å². The van der Waals surface area contributed by atoms with Gasteiger partial charge in [0.2, 0.25) is 0 Å². The summed E-state index contributed by atoms with van der Waals surface area (Å²) in [7, 11) is -2.08. The minimum Gasteiger partial charge on any atom is -0.465 e. The van der Waals surface area contributed by atoms with Gasteiger partial charge < -0.3 is 9.30 Å². The first-order chi connectivity index (χ1) is 20.2. The Kier molecular flexibility index (Phi) is 7.09. The Morgan fingerprint density at radius 3 is 1.52 bits per heavy atom. The fourth-order valence-electron chi connectivity index (χ4n) is 6.30. The number of carbonyl (C=O) groups excluding carboxylic acids is 1. The molecular weight excluding hydrogens is 535 g/mol. The van der Waals surface area contributed by atoms with Crippen LogP contribution in [0, 0.1) is 27.7 Å². The van der Waals surface area contributed by atoms with Crippen molar-refractivity contribution in [3.8, 4) is 11.1 Å². The van der Waals surface area contributed by atoms with Gasteiger partial charge in [0.15, 0.2) is 7.14 Å². The summed E-state index contributed by atoms with van der Waals surface area (Å²) >= 11 is 0. The largest absolute Gasteiger partial charge is 0.465 e. The van der Waals surface area contributed by atoms with Gasteiger partial charge in [0.1, 0.15) is 0 Å². The Morgan fingerprint density at radius 2 is 1.02 bits per heavy atom. The number of benzene rings is 6. The molecule has 6 rings (SSSR count). The lowest BCUT2D eigenvalue weighted by Crippen LogP contribution is -2.28. The summed E-state index contributed by atoms with van der Waals surface area (Å²) in [6.45, 7) is 8.18. The van der Waals surface area contributed by atoms with E-state index in [-0.39, 0.29) is 0 Å². The van der Waals surface area contributed by atoms with Gasteiger partial charge in [-0.3, -0.25) is 0 Å². The van der Waals surface area contributed by atoms with Gasteiger partial charge in [-0.2, -0.15) is 0 Å². The van der Waals surface area contributed by atoms with Gasteiger partial charge in [0, 0.05) is 27.0 Å². The second-order valence-electron chi connectivity index (χ2n) is 11.2. The predicted octanol–water partition coefficient (Wildman–Crippen LogP) is 8.32. The maximum absolute atomic E-state index is 16.2. The first kappa shape index (κ1) is 27.7. The highest BCUT2D eigenvalue weighted by molar-refractivity contribution is 7.85. The van der Waals surface area contributed by atoms with Crippen LogP contribution in [0.4, 0.5) is 0 Å². The van der Waals surface area contributed by atoms with Crippen LogP contribution in [0.15, 0.2) is 109 Å². The Bertz CT molecular complexity index is 1980. The van der Waals surface area contributed by atoms with E-state index in [1.165, 1.54) is 7.11 Å². The fourth-order valence-corrected chi connectivity index (χ4v) is 9.53. The van der Waals surface area contributed by atoms with Gasteiger partial charge in [-0.25, -0.2) is 4.79 Å². The minimum atomic E-state index is -3.48. The normalized spacial score (nSPS) is 11.6. The standard InChI is InChI=1S/C38H33O3P/c1-24-18-25(2)21-30(20-24)42(40,31-22-26(3)19-27(4)23-31)35-17-15-29-11-7-9-13-33(29)37(35)36-32-12-8-6-10-28(32)14-16-34(36)38(39)41-5/h6-23H,1-5H3. The summed E-state index contributed by atoms with van der Waals surface area (Å²) in [5.74, 6) is -0.428. The van der Waals surface area contributed by atoms with Crippen molar-refractivity contribution in [2.45, 2.75) is 27.7 Å². The van der Waals surface area contributed by atoms with Gasteiger partial charge in [-0.15, -0.1) is 0 Å². The van der Waals surface area contributed by atoms with Crippen LogP contribution in [0.3, 0.4) is 0 Å². The van der Waals surface area contributed by atoms with Crippen LogP contribution in [0.1, 0.15) is 32.6 Å². The Balaban J connectivity index is 1.86. The molecule has 6 aromatic carbocycles. The van der Waals surface area contributed by atoms with Crippen LogP contribution in [0.25, 0.3) is 32.7 Å². The zero-order valence-electron chi connectivity index (χ0n) is 24.6. The summed E-state index contributed by atoms with van der Waals surface area (Å²) in [6, 6.07) is 36.4. The first-order valence-electron chi connectivity index (χ1n) is 14.1. The number of fused-ring (bicyclic) bond motifs is 2. The molecule has 0 saturated heterocycles. The van der Waals surface area contributed by atoms with Crippen molar-refractivity contribution in [1.29, 1.82) is 0 Å².